The highest BCUT2D eigenvalue weighted by molar-refractivity contribution is 6.31. The number of carbonyl (C=O) groups excluding carboxylic acids is 2. The Hall–Kier alpha value is -2.47. The molecule has 0 unspecified atom stereocenters. The van der Waals surface area contributed by atoms with Crippen LogP contribution in [0.1, 0.15) is 19.4 Å². The normalized spacial score (nSPS) is 11.1. The van der Waals surface area contributed by atoms with Crippen LogP contribution in [0, 0.1) is 24.0 Å². The van der Waals surface area contributed by atoms with Crippen molar-refractivity contribution in [2.24, 2.45) is 5.41 Å². The van der Waals surface area contributed by atoms with E-state index >= 15 is 0 Å². The fourth-order valence-electron chi connectivity index (χ4n) is 1.93. The second-order valence-corrected chi connectivity index (χ2v) is 6.53. The minimum Gasteiger partial charge on any atom is -0.325 e. The Labute approximate surface area is 149 Å². The van der Waals surface area contributed by atoms with E-state index < -0.39 is 28.9 Å². The molecule has 0 bridgehead atoms. The first-order valence-electron chi connectivity index (χ1n) is 7.45. The fraction of sp³-hybridized carbons (Fsp3) is 0.222. The van der Waals surface area contributed by atoms with Crippen molar-refractivity contribution in [1.29, 1.82) is 0 Å². The van der Waals surface area contributed by atoms with Gasteiger partial charge >= 0.3 is 0 Å². The Kier molecular flexibility index (Phi) is 5.42. The number of benzene rings is 2. The number of aryl methyl sites for hydroxylation is 1. The van der Waals surface area contributed by atoms with Crippen LogP contribution >= 0.6 is 11.6 Å². The summed E-state index contributed by atoms with van der Waals surface area (Å²) < 4.78 is 26.6. The summed E-state index contributed by atoms with van der Waals surface area (Å²) in [4.78, 5) is 24.8. The van der Waals surface area contributed by atoms with E-state index in [1.54, 1.807) is 18.2 Å². The van der Waals surface area contributed by atoms with Crippen LogP contribution in [0.15, 0.2) is 36.4 Å². The van der Waals surface area contributed by atoms with Gasteiger partial charge in [0, 0.05) is 16.8 Å². The van der Waals surface area contributed by atoms with Crippen LogP contribution in [-0.2, 0) is 9.59 Å². The van der Waals surface area contributed by atoms with Gasteiger partial charge in [-0.05, 0) is 50.6 Å². The number of anilines is 2. The molecule has 0 aliphatic heterocycles. The van der Waals surface area contributed by atoms with Gasteiger partial charge in [0.15, 0.2) is 0 Å². The summed E-state index contributed by atoms with van der Waals surface area (Å²) in [6.45, 7) is 4.62. The highest BCUT2D eigenvalue weighted by Crippen LogP contribution is 2.25. The van der Waals surface area contributed by atoms with Crippen LogP contribution in [0.2, 0.25) is 5.02 Å². The number of rotatable bonds is 4. The molecule has 132 valence electrons. The van der Waals surface area contributed by atoms with Gasteiger partial charge in [0.25, 0.3) is 0 Å². The van der Waals surface area contributed by atoms with Crippen LogP contribution in [0.3, 0.4) is 0 Å². The Bertz CT molecular complexity index is 838. The molecule has 0 spiro atoms. The van der Waals surface area contributed by atoms with Crippen molar-refractivity contribution in [1.82, 2.24) is 0 Å². The summed E-state index contributed by atoms with van der Waals surface area (Å²) in [6, 6.07) is 7.72. The van der Waals surface area contributed by atoms with Gasteiger partial charge in [0.05, 0.1) is 5.69 Å². The van der Waals surface area contributed by atoms with Gasteiger partial charge in [-0.15, -0.1) is 0 Å². The van der Waals surface area contributed by atoms with Crippen LogP contribution < -0.4 is 10.6 Å². The molecular formula is C18H17ClF2N2O2. The monoisotopic (exact) mass is 366 g/mol. The van der Waals surface area contributed by atoms with E-state index in [9.17, 15) is 18.4 Å². The lowest BCUT2D eigenvalue weighted by Gasteiger charge is -2.23. The summed E-state index contributed by atoms with van der Waals surface area (Å²) in [5.74, 6) is -3.00. The lowest BCUT2D eigenvalue weighted by Crippen LogP contribution is -2.41. The molecule has 0 atom stereocenters. The molecule has 0 fully saturated rings. The second kappa shape index (κ2) is 7.19. The maximum Gasteiger partial charge on any atom is 0.239 e. The van der Waals surface area contributed by atoms with E-state index in [2.05, 4.69) is 10.6 Å². The SMILES string of the molecule is Cc1ccc(NC(=O)C(C)(C)C(=O)Nc2ccc(F)cc2F)cc1Cl. The van der Waals surface area contributed by atoms with Gasteiger partial charge in [-0.2, -0.15) is 0 Å². The summed E-state index contributed by atoms with van der Waals surface area (Å²) in [6.07, 6.45) is 0. The first kappa shape index (κ1) is 18.9. The number of amides is 2. The maximum absolute atomic E-state index is 13.7. The van der Waals surface area contributed by atoms with E-state index in [4.69, 9.17) is 11.6 Å². The number of halogens is 3. The predicted molar refractivity (Wildman–Crippen MR) is 93.6 cm³/mol. The molecule has 0 aliphatic carbocycles. The number of carbonyl (C=O) groups is 2. The Morgan fingerprint density at radius 3 is 2.24 bits per heavy atom. The summed E-state index contributed by atoms with van der Waals surface area (Å²) in [7, 11) is 0. The van der Waals surface area contributed by atoms with Gasteiger partial charge in [0.2, 0.25) is 11.8 Å². The van der Waals surface area contributed by atoms with E-state index in [-0.39, 0.29) is 5.69 Å². The summed E-state index contributed by atoms with van der Waals surface area (Å²) in [5, 5.41) is 5.38. The van der Waals surface area contributed by atoms with Crippen molar-refractivity contribution >= 4 is 34.8 Å². The predicted octanol–water partition coefficient (Wildman–Crippen LogP) is 4.53. The molecule has 25 heavy (non-hydrogen) atoms. The standard InChI is InChI=1S/C18H17ClF2N2O2/c1-10-4-6-12(9-13(10)19)22-16(24)18(2,3)17(25)23-15-7-5-11(20)8-14(15)21/h4-9H,1-3H3,(H,22,24)(H,23,25). The van der Waals surface area contributed by atoms with Crippen molar-refractivity contribution < 1.29 is 18.4 Å². The molecule has 0 saturated heterocycles. The Balaban J connectivity index is 2.13. The molecule has 2 aromatic rings. The smallest absolute Gasteiger partial charge is 0.239 e. The van der Waals surface area contributed by atoms with Crippen molar-refractivity contribution in [3.63, 3.8) is 0 Å². The molecule has 0 radical (unpaired) electrons. The summed E-state index contributed by atoms with van der Waals surface area (Å²) >= 11 is 6.01. The van der Waals surface area contributed by atoms with Crippen molar-refractivity contribution in [2.75, 3.05) is 10.6 Å². The Morgan fingerprint density at radius 2 is 1.64 bits per heavy atom. The van der Waals surface area contributed by atoms with E-state index in [1.807, 2.05) is 6.92 Å². The molecular weight excluding hydrogens is 350 g/mol. The topological polar surface area (TPSA) is 58.2 Å². The zero-order chi connectivity index (χ0) is 18.8. The maximum atomic E-state index is 13.7. The van der Waals surface area contributed by atoms with Gasteiger partial charge in [-0.1, -0.05) is 17.7 Å². The highest BCUT2D eigenvalue weighted by Gasteiger charge is 2.36. The van der Waals surface area contributed by atoms with E-state index in [0.717, 1.165) is 17.7 Å². The number of hydrogen-bond acceptors (Lipinski definition) is 2. The molecule has 0 aliphatic rings. The van der Waals surface area contributed by atoms with Gasteiger partial charge < -0.3 is 10.6 Å². The minimum atomic E-state index is -1.50. The first-order valence-corrected chi connectivity index (χ1v) is 7.83. The van der Waals surface area contributed by atoms with Crippen LogP contribution in [0.5, 0.6) is 0 Å². The van der Waals surface area contributed by atoms with Crippen LogP contribution in [-0.4, -0.2) is 11.8 Å². The largest absolute Gasteiger partial charge is 0.325 e. The van der Waals surface area contributed by atoms with Gasteiger partial charge in [0.1, 0.15) is 17.0 Å². The average molecular weight is 367 g/mol. The molecule has 0 aromatic heterocycles. The number of nitrogens with one attached hydrogen (secondary N) is 2. The van der Waals surface area contributed by atoms with Crippen molar-refractivity contribution in [3.05, 3.63) is 58.6 Å². The highest BCUT2D eigenvalue weighted by atomic mass is 35.5. The molecule has 2 aromatic carbocycles. The van der Waals surface area contributed by atoms with Crippen LogP contribution in [0.25, 0.3) is 0 Å². The van der Waals surface area contributed by atoms with E-state index in [1.165, 1.54) is 13.8 Å². The third-order valence-electron chi connectivity index (χ3n) is 3.74. The van der Waals surface area contributed by atoms with Crippen molar-refractivity contribution in [3.8, 4) is 0 Å². The molecule has 2 amide bonds. The average Bonchev–Trinajstić information content (AvgIpc) is 2.53. The van der Waals surface area contributed by atoms with Gasteiger partial charge in [-0.25, -0.2) is 8.78 Å². The number of hydrogen-bond donors (Lipinski definition) is 2. The van der Waals surface area contributed by atoms with Gasteiger partial charge in [-0.3, -0.25) is 9.59 Å². The summed E-state index contributed by atoms with van der Waals surface area (Å²) in [5.41, 5.74) is -0.415. The second-order valence-electron chi connectivity index (χ2n) is 6.12. The fourth-order valence-corrected chi connectivity index (χ4v) is 2.11. The van der Waals surface area contributed by atoms with Crippen molar-refractivity contribution in [2.45, 2.75) is 20.8 Å². The zero-order valence-corrected chi connectivity index (χ0v) is 14.7. The third-order valence-corrected chi connectivity index (χ3v) is 4.15. The molecule has 7 heteroatoms. The molecule has 2 N–H and O–H groups in total. The molecule has 0 saturated carbocycles. The van der Waals surface area contributed by atoms with E-state index in [0.29, 0.717) is 16.8 Å². The lowest BCUT2D eigenvalue weighted by molar-refractivity contribution is -0.135. The minimum absolute atomic E-state index is 0.203. The Morgan fingerprint density at radius 1 is 1.00 bits per heavy atom. The lowest BCUT2D eigenvalue weighted by atomic mass is 9.90. The quantitative estimate of drug-likeness (QED) is 0.781. The molecule has 2 rings (SSSR count). The first-order chi connectivity index (χ1) is 11.6. The molecule has 0 heterocycles. The zero-order valence-electron chi connectivity index (χ0n) is 13.9. The third kappa shape index (κ3) is 4.33. The molecule has 4 nitrogen and oxygen atoms in total. The van der Waals surface area contributed by atoms with Crippen LogP contribution in [0.4, 0.5) is 20.2 Å².